The average Bonchev–Trinajstić information content (AvgIpc) is 2.29. The molecule has 1 saturated heterocycles. The van der Waals surface area contributed by atoms with Gasteiger partial charge in [-0.15, -0.1) is 0 Å². The van der Waals surface area contributed by atoms with Gasteiger partial charge in [-0.25, -0.2) is 8.78 Å². The van der Waals surface area contributed by atoms with Gasteiger partial charge in [0.05, 0.1) is 0 Å². The molecular formula is C8H13F2N. The van der Waals surface area contributed by atoms with Gasteiger partial charge in [0.15, 0.2) is 0 Å². The van der Waals surface area contributed by atoms with E-state index in [1.54, 1.807) is 0 Å². The third-order valence-electron chi connectivity index (χ3n) is 2.92. The van der Waals surface area contributed by atoms with E-state index in [1.807, 2.05) is 0 Å². The van der Waals surface area contributed by atoms with Crippen molar-refractivity contribution in [3.05, 3.63) is 0 Å². The smallest absolute Gasteiger partial charge is 0.252 e. The third kappa shape index (κ3) is 1.15. The van der Waals surface area contributed by atoms with Gasteiger partial charge in [0, 0.05) is 18.4 Å². The summed E-state index contributed by atoms with van der Waals surface area (Å²) in [5.74, 6) is -2.74. The van der Waals surface area contributed by atoms with Gasteiger partial charge >= 0.3 is 0 Å². The fourth-order valence-electron chi connectivity index (χ4n) is 2.29. The van der Waals surface area contributed by atoms with Gasteiger partial charge in [0.25, 0.3) is 5.92 Å². The predicted octanol–water partition coefficient (Wildman–Crippen LogP) is 1.78. The monoisotopic (exact) mass is 161 g/mol. The minimum absolute atomic E-state index is 0.0926. The number of alkyl halides is 2. The topological polar surface area (TPSA) is 12.0 Å². The Labute approximate surface area is 65.2 Å². The molecule has 64 valence electrons. The van der Waals surface area contributed by atoms with Crippen molar-refractivity contribution in [1.29, 1.82) is 0 Å². The van der Waals surface area contributed by atoms with Crippen LogP contribution in [0.4, 0.5) is 8.78 Å². The lowest BCUT2D eigenvalue weighted by atomic mass is 9.92. The van der Waals surface area contributed by atoms with E-state index in [4.69, 9.17) is 0 Å². The van der Waals surface area contributed by atoms with Crippen molar-refractivity contribution in [3.63, 3.8) is 0 Å². The standard InChI is InChI=1S/C8H13F2N/c9-8(10)4-3-7-6(8)2-1-5-11-7/h6-7,11H,1-5H2. The molecule has 1 aliphatic carbocycles. The predicted molar refractivity (Wildman–Crippen MR) is 38.7 cm³/mol. The molecule has 0 aromatic heterocycles. The first kappa shape index (κ1) is 7.47. The molecule has 1 aliphatic heterocycles. The van der Waals surface area contributed by atoms with Crippen molar-refractivity contribution in [3.8, 4) is 0 Å². The first-order chi connectivity index (χ1) is 5.20. The van der Waals surface area contributed by atoms with E-state index in [2.05, 4.69) is 5.32 Å². The second kappa shape index (κ2) is 2.41. The Hall–Kier alpha value is -0.180. The van der Waals surface area contributed by atoms with Crippen LogP contribution in [0.15, 0.2) is 0 Å². The summed E-state index contributed by atoms with van der Waals surface area (Å²) in [5, 5.41) is 3.16. The summed E-state index contributed by atoms with van der Waals surface area (Å²) < 4.78 is 26.1. The van der Waals surface area contributed by atoms with Gasteiger partial charge < -0.3 is 5.32 Å². The lowest BCUT2D eigenvalue weighted by Crippen LogP contribution is -2.42. The van der Waals surface area contributed by atoms with Gasteiger partial charge in [-0.2, -0.15) is 0 Å². The quantitative estimate of drug-likeness (QED) is 0.571. The highest BCUT2D eigenvalue weighted by Crippen LogP contribution is 2.44. The van der Waals surface area contributed by atoms with Crippen LogP contribution >= 0.6 is 0 Å². The lowest BCUT2D eigenvalue weighted by Gasteiger charge is -2.29. The highest BCUT2D eigenvalue weighted by atomic mass is 19.3. The Morgan fingerprint density at radius 1 is 1.27 bits per heavy atom. The zero-order chi connectivity index (χ0) is 7.90. The van der Waals surface area contributed by atoms with Gasteiger partial charge in [0.2, 0.25) is 0 Å². The second-order valence-electron chi connectivity index (χ2n) is 3.61. The molecule has 2 aliphatic rings. The van der Waals surface area contributed by atoms with Gasteiger partial charge in [-0.1, -0.05) is 0 Å². The number of rotatable bonds is 0. The number of halogens is 2. The van der Waals surface area contributed by atoms with Gasteiger partial charge in [-0.05, 0) is 25.8 Å². The molecule has 2 atom stereocenters. The maximum absolute atomic E-state index is 13.0. The van der Waals surface area contributed by atoms with Crippen LogP contribution in [0, 0.1) is 5.92 Å². The largest absolute Gasteiger partial charge is 0.313 e. The summed E-state index contributed by atoms with van der Waals surface area (Å²) in [6.45, 7) is 0.928. The molecule has 2 rings (SSSR count). The van der Waals surface area contributed by atoms with Crippen LogP contribution in [-0.4, -0.2) is 18.5 Å². The van der Waals surface area contributed by atoms with Crippen molar-refractivity contribution in [2.24, 2.45) is 5.92 Å². The molecule has 0 amide bonds. The maximum atomic E-state index is 13.0. The fourth-order valence-corrected chi connectivity index (χ4v) is 2.29. The molecule has 0 aromatic carbocycles. The lowest BCUT2D eigenvalue weighted by molar-refractivity contribution is -0.0493. The van der Waals surface area contributed by atoms with Crippen LogP contribution in [0.1, 0.15) is 25.7 Å². The van der Waals surface area contributed by atoms with Crippen LogP contribution in [-0.2, 0) is 0 Å². The molecule has 11 heavy (non-hydrogen) atoms. The molecule has 0 spiro atoms. The molecule has 0 bridgehead atoms. The average molecular weight is 161 g/mol. The van der Waals surface area contributed by atoms with Crippen LogP contribution in [0.5, 0.6) is 0 Å². The van der Waals surface area contributed by atoms with E-state index in [0.29, 0.717) is 12.8 Å². The molecule has 3 heteroatoms. The number of hydrogen-bond acceptors (Lipinski definition) is 1. The molecule has 1 heterocycles. The Morgan fingerprint density at radius 2 is 2.09 bits per heavy atom. The van der Waals surface area contributed by atoms with Crippen molar-refractivity contribution in [1.82, 2.24) is 5.32 Å². The van der Waals surface area contributed by atoms with E-state index < -0.39 is 5.92 Å². The van der Waals surface area contributed by atoms with Crippen LogP contribution in [0.2, 0.25) is 0 Å². The molecule has 1 saturated carbocycles. The molecule has 0 aromatic rings. The summed E-state index contributed by atoms with van der Waals surface area (Å²) in [6.07, 6.45) is 2.38. The normalized spacial score (nSPS) is 42.0. The van der Waals surface area contributed by atoms with Crippen LogP contribution in [0.25, 0.3) is 0 Å². The highest BCUT2D eigenvalue weighted by Gasteiger charge is 2.50. The Bertz CT molecular complexity index is 158. The first-order valence-electron chi connectivity index (χ1n) is 4.31. The minimum atomic E-state index is -2.38. The van der Waals surface area contributed by atoms with Gasteiger partial charge in [0.1, 0.15) is 0 Å². The summed E-state index contributed by atoms with van der Waals surface area (Å²) in [7, 11) is 0. The van der Waals surface area contributed by atoms with E-state index in [0.717, 1.165) is 13.0 Å². The number of fused-ring (bicyclic) bond motifs is 1. The molecule has 2 fully saturated rings. The minimum Gasteiger partial charge on any atom is -0.313 e. The highest BCUT2D eigenvalue weighted by molar-refractivity contribution is 4.96. The number of hydrogen-bond donors (Lipinski definition) is 1. The molecular weight excluding hydrogens is 148 g/mol. The van der Waals surface area contributed by atoms with Gasteiger partial charge in [-0.3, -0.25) is 0 Å². The molecule has 2 unspecified atom stereocenters. The first-order valence-corrected chi connectivity index (χ1v) is 4.31. The summed E-state index contributed by atoms with van der Waals surface area (Å²) in [5.41, 5.74) is 0. The van der Waals surface area contributed by atoms with E-state index >= 15 is 0 Å². The van der Waals surface area contributed by atoms with E-state index in [9.17, 15) is 8.78 Å². The SMILES string of the molecule is FC1(F)CCC2NCCCC21. The van der Waals surface area contributed by atoms with E-state index in [-0.39, 0.29) is 18.4 Å². The van der Waals surface area contributed by atoms with Crippen molar-refractivity contribution < 1.29 is 8.78 Å². The number of piperidine rings is 1. The molecule has 0 radical (unpaired) electrons. The second-order valence-corrected chi connectivity index (χ2v) is 3.61. The van der Waals surface area contributed by atoms with Crippen molar-refractivity contribution in [2.75, 3.05) is 6.54 Å². The summed E-state index contributed by atoms with van der Waals surface area (Å²) in [6, 6.07) is 0.110. The summed E-state index contributed by atoms with van der Waals surface area (Å²) in [4.78, 5) is 0. The van der Waals surface area contributed by atoms with Crippen molar-refractivity contribution in [2.45, 2.75) is 37.6 Å². The zero-order valence-electron chi connectivity index (χ0n) is 6.45. The Morgan fingerprint density at radius 3 is 2.82 bits per heavy atom. The zero-order valence-corrected chi connectivity index (χ0v) is 6.45. The summed E-state index contributed by atoms with van der Waals surface area (Å²) >= 11 is 0. The Kier molecular flexibility index (Phi) is 1.63. The van der Waals surface area contributed by atoms with Crippen LogP contribution < -0.4 is 5.32 Å². The molecule has 1 N–H and O–H groups in total. The molecule has 1 nitrogen and oxygen atoms in total. The fraction of sp³-hybridized carbons (Fsp3) is 1.00. The number of nitrogens with one attached hydrogen (secondary N) is 1. The van der Waals surface area contributed by atoms with Crippen LogP contribution in [0.3, 0.4) is 0 Å². The van der Waals surface area contributed by atoms with E-state index in [1.165, 1.54) is 0 Å². The third-order valence-corrected chi connectivity index (χ3v) is 2.92. The Balaban J connectivity index is 2.10. The van der Waals surface area contributed by atoms with Crippen molar-refractivity contribution >= 4 is 0 Å². The maximum Gasteiger partial charge on any atom is 0.252 e.